The lowest BCUT2D eigenvalue weighted by Crippen LogP contribution is -2.43. The summed E-state index contributed by atoms with van der Waals surface area (Å²) >= 11 is 3.38. The van der Waals surface area contributed by atoms with E-state index >= 15 is 0 Å². The molecule has 5 nitrogen and oxygen atoms in total. The Balaban J connectivity index is 1.72. The summed E-state index contributed by atoms with van der Waals surface area (Å²) in [5, 5.41) is 8.78. The van der Waals surface area contributed by atoms with Crippen LogP contribution in [-0.4, -0.2) is 23.6 Å². The molecule has 0 bridgehead atoms. The van der Waals surface area contributed by atoms with Crippen LogP contribution in [0.3, 0.4) is 0 Å². The molecule has 1 aliphatic carbocycles. The highest BCUT2D eigenvalue weighted by atomic mass is 79.9. The van der Waals surface area contributed by atoms with Crippen LogP contribution in [0.25, 0.3) is 0 Å². The molecule has 0 aromatic heterocycles. The van der Waals surface area contributed by atoms with Gasteiger partial charge in [-0.15, -0.1) is 0 Å². The number of carbonyl (C=O) groups is 2. The van der Waals surface area contributed by atoms with E-state index < -0.39 is 0 Å². The van der Waals surface area contributed by atoms with Gasteiger partial charge in [-0.1, -0.05) is 41.6 Å². The highest BCUT2D eigenvalue weighted by Gasteiger charge is 2.26. The van der Waals surface area contributed by atoms with Gasteiger partial charge in [0.1, 0.15) is 5.71 Å². The molecule has 1 saturated carbocycles. The third-order valence-corrected chi connectivity index (χ3v) is 5.08. The minimum Gasteiger partial charge on any atom is -0.348 e. The fourth-order valence-corrected chi connectivity index (χ4v) is 3.46. The Labute approximate surface area is 150 Å². The van der Waals surface area contributed by atoms with Crippen molar-refractivity contribution < 1.29 is 9.59 Å². The molecule has 128 valence electrons. The zero-order valence-corrected chi connectivity index (χ0v) is 15.2. The molecule has 1 heterocycles. The van der Waals surface area contributed by atoms with Crippen molar-refractivity contribution in [2.24, 2.45) is 5.10 Å². The summed E-state index contributed by atoms with van der Waals surface area (Å²) < 4.78 is 0.936. The molecule has 24 heavy (non-hydrogen) atoms. The van der Waals surface area contributed by atoms with E-state index in [1.165, 1.54) is 30.7 Å². The van der Waals surface area contributed by atoms with Crippen molar-refractivity contribution in [2.45, 2.75) is 57.4 Å². The smallest absolute Gasteiger partial charge is 0.267 e. The minimum absolute atomic E-state index is 0.0802. The highest BCUT2D eigenvalue weighted by molar-refractivity contribution is 9.10. The van der Waals surface area contributed by atoms with Crippen LogP contribution in [0.15, 0.2) is 33.8 Å². The third-order valence-electron chi connectivity index (χ3n) is 4.56. The number of carbonyl (C=O) groups excluding carboxylic acids is 2. The summed E-state index contributed by atoms with van der Waals surface area (Å²) in [6, 6.07) is 7.59. The number of benzene rings is 1. The number of rotatable bonds is 3. The molecular weight excluding hydrogens is 370 g/mol. The largest absolute Gasteiger partial charge is 0.348 e. The van der Waals surface area contributed by atoms with Crippen LogP contribution in [0.4, 0.5) is 5.69 Å². The van der Waals surface area contributed by atoms with Crippen molar-refractivity contribution in [3.63, 3.8) is 0 Å². The molecule has 2 aliphatic rings. The lowest BCUT2D eigenvalue weighted by molar-refractivity contribution is -0.119. The molecule has 1 fully saturated rings. The van der Waals surface area contributed by atoms with Gasteiger partial charge in [0.05, 0.1) is 5.69 Å². The van der Waals surface area contributed by atoms with Crippen LogP contribution >= 0.6 is 15.9 Å². The standard InChI is InChI=1S/C18H22BrN3O2/c19-13-7-9-15(10-8-13)22-17(23)12-11-16(21-22)18(24)20-14-5-3-1-2-4-6-14/h7-10,14H,1-6,11-12H2,(H,20,24). The second-order valence-corrected chi connectivity index (χ2v) is 7.31. The van der Waals surface area contributed by atoms with E-state index in [1.807, 2.05) is 24.3 Å². The maximum absolute atomic E-state index is 12.5. The zero-order chi connectivity index (χ0) is 16.9. The fourth-order valence-electron chi connectivity index (χ4n) is 3.19. The number of hydrazone groups is 1. The summed E-state index contributed by atoms with van der Waals surface area (Å²) in [6.07, 6.45) is 7.63. The lowest BCUT2D eigenvalue weighted by atomic mass is 10.1. The maximum Gasteiger partial charge on any atom is 0.267 e. The van der Waals surface area contributed by atoms with Gasteiger partial charge < -0.3 is 5.32 Å². The Kier molecular flexibility index (Phi) is 5.66. The normalized spacial score (nSPS) is 19.6. The molecule has 0 saturated heterocycles. The van der Waals surface area contributed by atoms with E-state index in [1.54, 1.807) is 0 Å². The van der Waals surface area contributed by atoms with Crippen LogP contribution < -0.4 is 10.3 Å². The molecule has 6 heteroatoms. The first-order valence-corrected chi connectivity index (χ1v) is 9.39. The topological polar surface area (TPSA) is 61.8 Å². The molecule has 0 radical (unpaired) electrons. The van der Waals surface area contributed by atoms with Gasteiger partial charge in [-0.05, 0) is 37.1 Å². The van der Waals surface area contributed by atoms with Crippen molar-refractivity contribution in [1.82, 2.24) is 5.32 Å². The van der Waals surface area contributed by atoms with Crippen LogP contribution in [0.1, 0.15) is 51.4 Å². The van der Waals surface area contributed by atoms with Gasteiger partial charge >= 0.3 is 0 Å². The van der Waals surface area contributed by atoms with E-state index in [0.29, 0.717) is 24.2 Å². The van der Waals surface area contributed by atoms with Gasteiger partial charge in [-0.2, -0.15) is 5.10 Å². The molecule has 1 aliphatic heterocycles. The summed E-state index contributed by atoms with van der Waals surface area (Å²) in [5.74, 6) is -0.208. The predicted molar refractivity (Wildman–Crippen MR) is 97.9 cm³/mol. The number of halogens is 1. The predicted octanol–water partition coefficient (Wildman–Crippen LogP) is 3.77. The van der Waals surface area contributed by atoms with Crippen molar-refractivity contribution in [2.75, 3.05) is 5.01 Å². The molecule has 0 spiro atoms. The van der Waals surface area contributed by atoms with Crippen molar-refractivity contribution in [3.05, 3.63) is 28.7 Å². The van der Waals surface area contributed by atoms with E-state index in [-0.39, 0.29) is 17.9 Å². The molecule has 1 aromatic rings. The fraction of sp³-hybridized carbons (Fsp3) is 0.500. The molecule has 0 atom stereocenters. The Hall–Kier alpha value is -1.69. The molecule has 1 aromatic carbocycles. The number of nitrogens with zero attached hydrogens (tertiary/aromatic N) is 2. The van der Waals surface area contributed by atoms with Crippen molar-refractivity contribution in [3.8, 4) is 0 Å². The van der Waals surface area contributed by atoms with E-state index in [4.69, 9.17) is 0 Å². The second kappa shape index (κ2) is 7.92. The number of hydrogen-bond acceptors (Lipinski definition) is 3. The monoisotopic (exact) mass is 391 g/mol. The van der Waals surface area contributed by atoms with Crippen LogP contribution in [0.2, 0.25) is 0 Å². The van der Waals surface area contributed by atoms with Crippen LogP contribution in [-0.2, 0) is 9.59 Å². The maximum atomic E-state index is 12.5. The quantitative estimate of drug-likeness (QED) is 0.796. The summed E-state index contributed by atoms with van der Waals surface area (Å²) in [6.45, 7) is 0. The van der Waals surface area contributed by atoms with Gasteiger partial charge in [0.2, 0.25) is 5.91 Å². The lowest BCUT2D eigenvalue weighted by Gasteiger charge is -2.24. The van der Waals surface area contributed by atoms with E-state index in [0.717, 1.165) is 17.3 Å². The van der Waals surface area contributed by atoms with E-state index in [2.05, 4.69) is 26.3 Å². The first-order chi connectivity index (χ1) is 11.6. The summed E-state index contributed by atoms with van der Waals surface area (Å²) in [4.78, 5) is 24.7. The Bertz CT molecular complexity index is 634. The molecular formula is C18H22BrN3O2. The minimum atomic E-state index is -0.128. The Morgan fingerprint density at radius 2 is 1.75 bits per heavy atom. The van der Waals surface area contributed by atoms with Gasteiger partial charge in [0.25, 0.3) is 5.91 Å². The van der Waals surface area contributed by atoms with Crippen molar-refractivity contribution >= 4 is 39.1 Å². The highest BCUT2D eigenvalue weighted by Crippen LogP contribution is 2.23. The number of amides is 2. The van der Waals surface area contributed by atoms with Gasteiger partial charge in [-0.25, -0.2) is 5.01 Å². The molecule has 0 unspecified atom stereocenters. The van der Waals surface area contributed by atoms with Crippen LogP contribution in [0, 0.1) is 0 Å². The van der Waals surface area contributed by atoms with Gasteiger partial charge in [-0.3, -0.25) is 9.59 Å². The molecule has 2 amide bonds. The third kappa shape index (κ3) is 4.23. The summed E-state index contributed by atoms with van der Waals surface area (Å²) in [7, 11) is 0. The average Bonchev–Trinajstić information content (AvgIpc) is 2.85. The number of anilines is 1. The van der Waals surface area contributed by atoms with Crippen molar-refractivity contribution in [1.29, 1.82) is 0 Å². The van der Waals surface area contributed by atoms with E-state index in [9.17, 15) is 9.59 Å². The Morgan fingerprint density at radius 3 is 2.42 bits per heavy atom. The number of hydrogen-bond donors (Lipinski definition) is 1. The first-order valence-electron chi connectivity index (χ1n) is 8.60. The first kappa shape index (κ1) is 17.1. The average molecular weight is 392 g/mol. The zero-order valence-electron chi connectivity index (χ0n) is 13.6. The van der Waals surface area contributed by atoms with Crippen LogP contribution in [0.5, 0.6) is 0 Å². The SMILES string of the molecule is O=C(NC1CCCCCC1)C1=NN(c2ccc(Br)cc2)C(=O)CC1. The second-order valence-electron chi connectivity index (χ2n) is 6.39. The molecule has 1 N–H and O–H groups in total. The van der Waals surface area contributed by atoms with Gasteiger partial charge in [0, 0.05) is 23.4 Å². The Morgan fingerprint density at radius 1 is 1.08 bits per heavy atom. The summed E-state index contributed by atoms with van der Waals surface area (Å²) in [5.41, 5.74) is 1.13. The molecule has 3 rings (SSSR count). The number of nitrogens with one attached hydrogen (secondary N) is 1. The van der Waals surface area contributed by atoms with Gasteiger partial charge in [0.15, 0.2) is 0 Å².